The highest BCUT2D eigenvalue weighted by Crippen LogP contribution is 2.60. The van der Waals surface area contributed by atoms with Crippen molar-refractivity contribution < 1.29 is 23.5 Å². The maximum absolute atomic E-state index is 15.7. The van der Waals surface area contributed by atoms with E-state index in [2.05, 4.69) is 6.58 Å². The van der Waals surface area contributed by atoms with E-state index < -0.39 is 31.6 Å². The minimum atomic E-state index is -3.29. The number of anilines is 2. The van der Waals surface area contributed by atoms with Gasteiger partial charge in [0.15, 0.2) is 5.60 Å². The van der Waals surface area contributed by atoms with Gasteiger partial charge in [0.2, 0.25) is 14.3 Å². The molecule has 2 aromatic rings. The number of nitrogens with zero attached hydrogens (tertiary/aromatic N) is 3. The average Bonchev–Trinajstić information content (AvgIpc) is 3.32. The van der Waals surface area contributed by atoms with Gasteiger partial charge in [0.05, 0.1) is 23.2 Å². The number of benzene rings is 2. The molecule has 9 heteroatoms. The molecule has 0 unspecified atom stereocenters. The number of halogens is 1. The Labute approximate surface area is 223 Å². The zero-order valence-corrected chi connectivity index (χ0v) is 23.1. The van der Waals surface area contributed by atoms with Crippen molar-refractivity contribution in [3.8, 4) is 0 Å². The number of hydrogen-bond acceptors (Lipinski definition) is 5. The lowest BCUT2D eigenvalue weighted by molar-refractivity contribution is -0.146. The molecule has 1 saturated heterocycles. The van der Waals surface area contributed by atoms with Crippen LogP contribution in [0.2, 0.25) is 18.6 Å². The van der Waals surface area contributed by atoms with Crippen LogP contribution in [0, 0.1) is 5.92 Å². The highest BCUT2D eigenvalue weighted by molar-refractivity contribution is 6.72. The summed E-state index contributed by atoms with van der Waals surface area (Å²) in [5.74, 6) is -0.874. The molecule has 1 spiro atoms. The van der Waals surface area contributed by atoms with Crippen molar-refractivity contribution in [3.63, 3.8) is 0 Å². The third-order valence-electron chi connectivity index (χ3n) is 8.05. The zero-order chi connectivity index (χ0) is 27.2. The smallest absolute Gasteiger partial charge is 0.264 e. The van der Waals surface area contributed by atoms with Crippen LogP contribution in [0.4, 0.5) is 15.5 Å². The summed E-state index contributed by atoms with van der Waals surface area (Å²) in [4.78, 5) is 28.7. The first-order valence-corrected chi connectivity index (χ1v) is 16.1. The summed E-state index contributed by atoms with van der Waals surface area (Å²) in [6.45, 7) is 9.06. The third-order valence-corrected chi connectivity index (χ3v) is 10.5. The van der Waals surface area contributed by atoms with Gasteiger partial charge in [-0.05, 0) is 43.3 Å². The van der Waals surface area contributed by atoms with E-state index >= 15 is 4.11 Å². The summed E-state index contributed by atoms with van der Waals surface area (Å²) in [5, 5.41) is 15.8. The Hall–Kier alpha value is -3.14. The molecule has 5 rings (SSSR count). The van der Waals surface area contributed by atoms with Gasteiger partial charge < -0.3 is 18.9 Å². The monoisotopic (exact) mass is 535 g/mol. The lowest BCUT2D eigenvalue weighted by Gasteiger charge is -2.31. The van der Waals surface area contributed by atoms with Crippen molar-refractivity contribution in [2.24, 2.45) is 11.0 Å². The predicted molar refractivity (Wildman–Crippen MR) is 148 cm³/mol. The van der Waals surface area contributed by atoms with E-state index in [0.29, 0.717) is 29.8 Å². The van der Waals surface area contributed by atoms with Crippen molar-refractivity contribution in [2.75, 3.05) is 23.1 Å². The molecule has 3 aliphatic heterocycles. The summed E-state index contributed by atoms with van der Waals surface area (Å²) >= 11 is 0. The number of amides is 2. The second kappa shape index (κ2) is 9.87. The SMILES string of the molecule is C=CCN1C(=O)[C@@]2(O[C@@H](CCO)[C@H]([Si](C)(C)F)[C@H]2C)c2cc(N3N=C(c4ccccc4)CCC3=O)ccc21. The number of fused-ring (bicyclic) bond motifs is 2. The molecule has 0 radical (unpaired) electrons. The maximum atomic E-state index is 15.7. The van der Waals surface area contributed by atoms with Gasteiger partial charge in [-0.15, -0.1) is 6.58 Å². The maximum Gasteiger partial charge on any atom is 0.264 e. The molecule has 0 saturated carbocycles. The predicted octanol–water partition coefficient (Wildman–Crippen LogP) is 4.91. The molecule has 1 N–H and O–H groups in total. The number of hydrogen-bond donors (Lipinski definition) is 1. The van der Waals surface area contributed by atoms with Crippen LogP contribution in [-0.4, -0.2) is 50.3 Å². The van der Waals surface area contributed by atoms with Crippen LogP contribution in [-0.2, 0) is 19.9 Å². The van der Waals surface area contributed by atoms with E-state index in [9.17, 15) is 14.7 Å². The van der Waals surface area contributed by atoms with Crippen molar-refractivity contribution in [2.45, 2.75) is 56.5 Å². The molecule has 2 amide bonds. The minimum absolute atomic E-state index is 0.139. The van der Waals surface area contributed by atoms with Crippen LogP contribution >= 0.6 is 0 Å². The van der Waals surface area contributed by atoms with Crippen LogP contribution in [0.3, 0.4) is 0 Å². The molecule has 7 nitrogen and oxygen atoms in total. The van der Waals surface area contributed by atoms with Crippen molar-refractivity contribution in [1.82, 2.24) is 0 Å². The molecule has 3 aliphatic rings. The Morgan fingerprint density at radius 2 is 1.95 bits per heavy atom. The van der Waals surface area contributed by atoms with Crippen LogP contribution in [0.5, 0.6) is 0 Å². The van der Waals surface area contributed by atoms with Crippen LogP contribution in [0.25, 0.3) is 0 Å². The van der Waals surface area contributed by atoms with Crippen molar-refractivity contribution in [3.05, 3.63) is 72.3 Å². The summed E-state index contributed by atoms with van der Waals surface area (Å²) in [7, 11) is -3.29. The van der Waals surface area contributed by atoms with Gasteiger partial charge >= 0.3 is 0 Å². The molecule has 0 aromatic heterocycles. The van der Waals surface area contributed by atoms with E-state index in [-0.39, 0.29) is 31.4 Å². The fourth-order valence-corrected chi connectivity index (χ4v) is 9.01. The highest BCUT2D eigenvalue weighted by atomic mass is 28.4. The topological polar surface area (TPSA) is 82.4 Å². The fourth-order valence-electron chi connectivity index (χ4n) is 6.47. The Bertz CT molecular complexity index is 1290. The number of aliphatic hydroxyl groups excluding tert-OH is 1. The number of hydrazone groups is 1. The lowest BCUT2D eigenvalue weighted by atomic mass is 9.82. The third kappa shape index (κ3) is 4.13. The first-order chi connectivity index (χ1) is 18.1. The van der Waals surface area contributed by atoms with E-state index in [4.69, 9.17) is 9.84 Å². The van der Waals surface area contributed by atoms with Crippen molar-refractivity contribution >= 4 is 37.3 Å². The standard InChI is InChI=1S/C29H34FN3O4Si/c1-5-16-32-24-13-11-21(33-26(35)14-12-23(31-33)20-9-7-6-8-10-20)18-22(24)29(28(32)36)19(2)27(38(3,4)30)25(37-29)15-17-34/h5-11,13,18-19,25,27,34H,1,12,14-17H2,2-4H3/t19-,25+,27-,29+/m1/s1. The first-order valence-electron chi connectivity index (χ1n) is 13.1. The molecule has 4 atom stereocenters. The van der Waals surface area contributed by atoms with Gasteiger partial charge in [-0.3, -0.25) is 9.59 Å². The molecule has 0 bridgehead atoms. The van der Waals surface area contributed by atoms with Crippen molar-refractivity contribution in [1.29, 1.82) is 0 Å². The van der Waals surface area contributed by atoms with Gasteiger partial charge in [-0.2, -0.15) is 5.10 Å². The lowest BCUT2D eigenvalue weighted by Crippen LogP contribution is -2.45. The molecule has 0 aliphatic carbocycles. The summed E-state index contributed by atoms with van der Waals surface area (Å²) in [6, 6.07) is 15.1. The number of rotatable bonds is 7. The van der Waals surface area contributed by atoms with Crippen LogP contribution in [0.15, 0.2) is 66.3 Å². The second-order valence-electron chi connectivity index (χ2n) is 10.8. The average molecular weight is 536 g/mol. The number of aliphatic hydroxyl groups is 1. The molecular formula is C29H34FN3O4Si. The Morgan fingerprint density at radius 3 is 2.61 bits per heavy atom. The summed E-state index contributed by atoms with van der Waals surface area (Å²) in [5.41, 5.74) is 1.65. The number of ether oxygens (including phenoxy) is 1. The van der Waals surface area contributed by atoms with Gasteiger partial charge in [0, 0.05) is 43.0 Å². The molecular weight excluding hydrogens is 501 g/mol. The van der Waals surface area contributed by atoms with Crippen LogP contribution in [0.1, 0.15) is 37.3 Å². The van der Waals surface area contributed by atoms with E-state index in [1.807, 2.05) is 43.3 Å². The minimum Gasteiger partial charge on any atom is -0.396 e. The Morgan fingerprint density at radius 1 is 1.21 bits per heavy atom. The molecule has 2 aromatic carbocycles. The molecule has 38 heavy (non-hydrogen) atoms. The van der Waals surface area contributed by atoms with Gasteiger partial charge in [-0.1, -0.05) is 43.3 Å². The van der Waals surface area contributed by atoms with E-state index in [1.165, 1.54) is 5.01 Å². The summed E-state index contributed by atoms with van der Waals surface area (Å²) in [6.07, 6.45) is 2.16. The van der Waals surface area contributed by atoms with Gasteiger partial charge in [0.25, 0.3) is 5.91 Å². The largest absolute Gasteiger partial charge is 0.396 e. The molecule has 1 fully saturated rings. The quantitative estimate of drug-likeness (QED) is 0.310. The van der Waals surface area contributed by atoms with Crippen LogP contribution < -0.4 is 9.91 Å². The number of carbonyl (C=O) groups excluding carboxylic acids is 2. The Balaban J connectivity index is 1.64. The zero-order valence-electron chi connectivity index (χ0n) is 22.1. The Kier molecular flexibility index (Phi) is 6.87. The first kappa shape index (κ1) is 26.5. The van der Waals surface area contributed by atoms with E-state index in [1.54, 1.807) is 36.2 Å². The van der Waals surface area contributed by atoms with Gasteiger partial charge in [-0.25, -0.2) is 5.01 Å². The summed E-state index contributed by atoms with van der Waals surface area (Å²) < 4.78 is 22.2. The molecule has 200 valence electrons. The highest BCUT2D eigenvalue weighted by Gasteiger charge is 2.66. The molecule has 3 heterocycles. The van der Waals surface area contributed by atoms with Gasteiger partial charge in [0.1, 0.15) is 0 Å². The fraction of sp³-hybridized carbons (Fsp3) is 0.414. The van der Waals surface area contributed by atoms with E-state index in [0.717, 1.165) is 11.3 Å². The number of carbonyl (C=O) groups is 2. The normalized spacial score (nSPS) is 27.2. The second-order valence-corrected chi connectivity index (χ2v) is 14.6.